The molecule has 0 radical (unpaired) electrons. The van der Waals surface area contributed by atoms with E-state index >= 15 is 0 Å². The molecule has 0 aliphatic rings. The smallest absolute Gasteiger partial charge is 0.231 e. The summed E-state index contributed by atoms with van der Waals surface area (Å²) in [6.07, 6.45) is 6.56. The van der Waals surface area contributed by atoms with E-state index in [-0.39, 0.29) is 11.2 Å². The fourth-order valence-corrected chi connectivity index (χ4v) is 2.36. The van der Waals surface area contributed by atoms with Gasteiger partial charge in [0.25, 0.3) is 0 Å². The number of aromatic amines is 1. The molecule has 2 rings (SSSR count). The van der Waals surface area contributed by atoms with Crippen molar-refractivity contribution in [3.8, 4) is 5.75 Å². The highest BCUT2D eigenvalue weighted by Gasteiger charge is 2.09. The fourth-order valence-electron chi connectivity index (χ4n) is 2.36. The molecule has 3 nitrogen and oxygen atoms in total. The average molecular weight is 259 g/mol. The summed E-state index contributed by atoms with van der Waals surface area (Å²) in [5.41, 5.74) is 1.20. The zero-order chi connectivity index (χ0) is 13.7. The minimum atomic E-state index is -0.266. The molecule has 0 saturated heterocycles. The molecular weight excluding hydrogens is 238 g/mol. The Bertz CT molecular complexity index is 601. The van der Waals surface area contributed by atoms with Crippen LogP contribution < -0.4 is 5.43 Å². The second-order valence-electron chi connectivity index (χ2n) is 4.99. The standard InChI is InChI=1S/C16H21NO2/c1-2-3-4-5-6-11-14-16(19)15(18)12-9-7-8-10-13(12)17-14/h7-10,19H,2-6,11H2,1H3,(H,17,18). The number of unbranched alkanes of at least 4 members (excludes halogenated alkanes) is 4. The van der Waals surface area contributed by atoms with Gasteiger partial charge in [0.05, 0.1) is 5.69 Å². The number of aromatic hydroxyl groups is 1. The molecule has 1 heterocycles. The average Bonchev–Trinajstić information content (AvgIpc) is 2.44. The second kappa shape index (κ2) is 6.41. The van der Waals surface area contributed by atoms with E-state index in [4.69, 9.17) is 0 Å². The molecule has 1 aromatic carbocycles. The first-order valence-corrected chi connectivity index (χ1v) is 7.07. The molecule has 2 N–H and O–H groups in total. The van der Waals surface area contributed by atoms with Crippen LogP contribution in [0.5, 0.6) is 5.75 Å². The molecule has 1 aromatic heterocycles. The van der Waals surface area contributed by atoms with Gasteiger partial charge < -0.3 is 10.1 Å². The molecule has 0 aliphatic carbocycles. The first-order valence-electron chi connectivity index (χ1n) is 7.07. The molecule has 0 atom stereocenters. The van der Waals surface area contributed by atoms with Crippen molar-refractivity contribution in [3.63, 3.8) is 0 Å². The van der Waals surface area contributed by atoms with E-state index in [1.54, 1.807) is 12.1 Å². The Kier molecular flexibility index (Phi) is 4.61. The Morgan fingerprint density at radius 2 is 1.84 bits per heavy atom. The normalized spacial score (nSPS) is 11.0. The molecule has 19 heavy (non-hydrogen) atoms. The van der Waals surface area contributed by atoms with E-state index in [1.165, 1.54) is 19.3 Å². The zero-order valence-electron chi connectivity index (χ0n) is 11.4. The van der Waals surface area contributed by atoms with Crippen molar-refractivity contribution in [1.29, 1.82) is 0 Å². The predicted molar refractivity (Wildman–Crippen MR) is 78.7 cm³/mol. The van der Waals surface area contributed by atoms with Crippen molar-refractivity contribution >= 4 is 10.9 Å². The number of H-pyrrole nitrogens is 1. The number of pyridine rings is 1. The van der Waals surface area contributed by atoms with Gasteiger partial charge in [0.2, 0.25) is 5.43 Å². The monoisotopic (exact) mass is 259 g/mol. The van der Waals surface area contributed by atoms with E-state index in [0.717, 1.165) is 24.8 Å². The maximum atomic E-state index is 12.0. The Morgan fingerprint density at radius 3 is 2.63 bits per heavy atom. The molecule has 0 saturated carbocycles. The summed E-state index contributed by atoms with van der Waals surface area (Å²) < 4.78 is 0. The lowest BCUT2D eigenvalue weighted by molar-refractivity contribution is 0.458. The number of fused-ring (bicyclic) bond motifs is 1. The van der Waals surface area contributed by atoms with Crippen molar-refractivity contribution in [2.24, 2.45) is 0 Å². The number of para-hydroxylation sites is 1. The molecule has 102 valence electrons. The van der Waals surface area contributed by atoms with Gasteiger partial charge in [-0.25, -0.2) is 0 Å². The Morgan fingerprint density at radius 1 is 1.11 bits per heavy atom. The molecule has 0 aliphatic heterocycles. The van der Waals surface area contributed by atoms with E-state index in [9.17, 15) is 9.90 Å². The number of aryl methyl sites for hydroxylation is 1. The summed E-state index contributed by atoms with van der Waals surface area (Å²) in [6.45, 7) is 2.19. The SMILES string of the molecule is CCCCCCCc1[nH]c2ccccc2c(=O)c1O. The van der Waals surface area contributed by atoms with Crippen molar-refractivity contribution in [2.75, 3.05) is 0 Å². The number of hydrogen-bond donors (Lipinski definition) is 2. The zero-order valence-corrected chi connectivity index (χ0v) is 11.4. The number of benzene rings is 1. The van der Waals surface area contributed by atoms with Crippen molar-refractivity contribution in [2.45, 2.75) is 45.4 Å². The fraction of sp³-hybridized carbons (Fsp3) is 0.438. The van der Waals surface area contributed by atoms with Crippen molar-refractivity contribution in [1.82, 2.24) is 4.98 Å². The van der Waals surface area contributed by atoms with Gasteiger partial charge >= 0.3 is 0 Å². The molecule has 0 unspecified atom stereocenters. The van der Waals surface area contributed by atoms with E-state index in [0.29, 0.717) is 11.1 Å². The van der Waals surface area contributed by atoms with E-state index in [1.807, 2.05) is 12.1 Å². The summed E-state index contributed by atoms with van der Waals surface area (Å²) in [5.74, 6) is -0.116. The van der Waals surface area contributed by atoms with Crippen LogP contribution in [-0.4, -0.2) is 10.1 Å². The second-order valence-corrected chi connectivity index (χ2v) is 4.99. The van der Waals surface area contributed by atoms with Gasteiger partial charge in [0, 0.05) is 10.9 Å². The summed E-state index contributed by atoms with van der Waals surface area (Å²) in [5, 5.41) is 10.5. The highest BCUT2D eigenvalue weighted by atomic mass is 16.3. The summed E-state index contributed by atoms with van der Waals surface area (Å²) in [4.78, 5) is 15.2. The van der Waals surface area contributed by atoms with Gasteiger partial charge in [-0.3, -0.25) is 4.79 Å². The first-order chi connectivity index (χ1) is 9.24. The third kappa shape index (κ3) is 3.16. The summed E-state index contributed by atoms with van der Waals surface area (Å²) >= 11 is 0. The van der Waals surface area contributed by atoms with Crippen LogP contribution in [0.4, 0.5) is 0 Å². The molecule has 3 heteroatoms. The number of aromatic nitrogens is 1. The van der Waals surface area contributed by atoms with Crippen LogP contribution in [0.15, 0.2) is 29.1 Å². The molecule has 0 bridgehead atoms. The molecule has 2 aromatic rings. The number of rotatable bonds is 6. The van der Waals surface area contributed by atoms with Gasteiger partial charge in [-0.05, 0) is 25.0 Å². The maximum absolute atomic E-state index is 12.0. The molecular formula is C16H21NO2. The van der Waals surface area contributed by atoms with Gasteiger partial charge in [0.15, 0.2) is 5.75 Å². The Balaban J connectivity index is 2.15. The maximum Gasteiger partial charge on any atom is 0.231 e. The van der Waals surface area contributed by atoms with Gasteiger partial charge in [-0.1, -0.05) is 44.7 Å². The Labute approximate surface area is 113 Å². The third-order valence-electron chi connectivity index (χ3n) is 3.49. The van der Waals surface area contributed by atoms with Gasteiger partial charge in [-0.15, -0.1) is 0 Å². The van der Waals surface area contributed by atoms with Crippen LogP contribution in [0.1, 0.15) is 44.7 Å². The molecule has 0 amide bonds. The Hall–Kier alpha value is -1.77. The first kappa shape index (κ1) is 13.7. The quantitative estimate of drug-likeness (QED) is 0.776. The summed E-state index contributed by atoms with van der Waals surface area (Å²) in [6, 6.07) is 7.30. The summed E-state index contributed by atoms with van der Waals surface area (Å²) in [7, 11) is 0. The van der Waals surface area contributed by atoms with Crippen LogP contribution in [-0.2, 0) is 6.42 Å². The largest absolute Gasteiger partial charge is 0.503 e. The lowest BCUT2D eigenvalue weighted by Gasteiger charge is -2.07. The van der Waals surface area contributed by atoms with E-state index < -0.39 is 0 Å². The number of nitrogens with one attached hydrogen (secondary N) is 1. The van der Waals surface area contributed by atoms with Crippen molar-refractivity contribution in [3.05, 3.63) is 40.2 Å². The number of hydrogen-bond acceptors (Lipinski definition) is 2. The van der Waals surface area contributed by atoms with Crippen molar-refractivity contribution < 1.29 is 5.11 Å². The minimum Gasteiger partial charge on any atom is -0.503 e. The van der Waals surface area contributed by atoms with Gasteiger partial charge in [-0.2, -0.15) is 0 Å². The van der Waals surface area contributed by atoms with Crippen LogP contribution in [0.3, 0.4) is 0 Å². The predicted octanol–water partition coefficient (Wildman–Crippen LogP) is 3.75. The van der Waals surface area contributed by atoms with Crippen LogP contribution in [0.25, 0.3) is 10.9 Å². The minimum absolute atomic E-state index is 0.116. The lowest BCUT2D eigenvalue weighted by Crippen LogP contribution is -2.07. The van der Waals surface area contributed by atoms with E-state index in [2.05, 4.69) is 11.9 Å². The third-order valence-corrected chi connectivity index (χ3v) is 3.49. The van der Waals surface area contributed by atoms with Crippen LogP contribution >= 0.6 is 0 Å². The molecule has 0 fully saturated rings. The highest BCUT2D eigenvalue weighted by molar-refractivity contribution is 5.79. The molecule has 0 spiro atoms. The van der Waals surface area contributed by atoms with Gasteiger partial charge in [0.1, 0.15) is 0 Å². The lowest BCUT2D eigenvalue weighted by atomic mass is 10.1. The van der Waals surface area contributed by atoms with Crippen LogP contribution in [0.2, 0.25) is 0 Å². The van der Waals surface area contributed by atoms with Crippen LogP contribution in [0, 0.1) is 0 Å². The topological polar surface area (TPSA) is 53.1 Å². The highest BCUT2D eigenvalue weighted by Crippen LogP contribution is 2.18.